The molecular formula is C3H8O4S2. The lowest BCUT2D eigenvalue weighted by Crippen LogP contribution is -2.21. The van der Waals surface area contributed by atoms with Crippen molar-refractivity contribution in [3.8, 4) is 0 Å². The summed E-state index contributed by atoms with van der Waals surface area (Å²) in [5.41, 5.74) is 0. The molecule has 0 heterocycles. The number of aliphatic hydroxyl groups is 1. The standard InChI is InChI=1S/C3H8O4S2/c4-3(1-8)2-9(5,6)7/h3-4,8H,1-2H2,(H,5,6,7)/t3-/m0/s1. The summed E-state index contributed by atoms with van der Waals surface area (Å²) in [4.78, 5) is 0. The van der Waals surface area contributed by atoms with Crippen molar-refractivity contribution >= 4 is 22.7 Å². The molecule has 0 aromatic heterocycles. The van der Waals surface area contributed by atoms with Crippen LogP contribution in [0.2, 0.25) is 0 Å². The minimum Gasteiger partial charge on any atom is -0.391 e. The fraction of sp³-hybridized carbons (Fsp3) is 1.00. The van der Waals surface area contributed by atoms with Crippen LogP contribution in [0.15, 0.2) is 0 Å². The van der Waals surface area contributed by atoms with Gasteiger partial charge in [-0.15, -0.1) is 0 Å². The lowest BCUT2D eigenvalue weighted by molar-refractivity contribution is 0.220. The summed E-state index contributed by atoms with van der Waals surface area (Å²) < 4.78 is 28.0. The quantitative estimate of drug-likeness (QED) is 0.383. The first kappa shape index (κ1) is 9.22. The Kier molecular flexibility index (Phi) is 3.49. The van der Waals surface area contributed by atoms with Gasteiger partial charge >= 0.3 is 0 Å². The molecule has 56 valence electrons. The van der Waals surface area contributed by atoms with E-state index in [9.17, 15) is 8.42 Å². The molecule has 1 atom stereocenters. The van der Waals surface area contributed by atoms with E-state index in [0.29, 0.717) is 0 Å². The van der Waals surface area contributed by atoms with E-state index in [4.69, 9.17) is 9.66 Å². The molecule has 0 aromatic rings. The van der Waals surface area contributed by atoms with E-state index in [1.807, 2.05) is 0 Å². The van der Waals surface area contributed by atoms with Crippen molar-refractivity contribution in [2.45, 2.75) is 6.10 Å². The van der Waals surface area contributed by atoms with Crippen LogP contribution in [0.3, 0.4) is 0 Å². The first-order chi connectivity index (χ1) is 3.95. The number of hydrogen-bond donors (Lipinski definition) is 3. The Morgan fingerprint density at radius 1 is 1.56 bits per heavy atom. The van der Waals surface area contributed by atoms with Gasteiger partial charge in [-0.1, -0.05) is 0 Å². The topological polar surface area (TPSA) is 74.6 Å². The van der Waals surface area contributed by atoms with Gasteiger partial charge < -0.3 is 5.11 Å². The van der Waals surface area contributed by atoms with E-state index in [-0.39, 0.29) is 5.75 Å². The Bertz CT molecular complexity index is 161. The van der Waals surface area contributed by atoms with Crippen LogP contribution in [0, 0.1) is 0 Å². The SMILES string of the molecule is O=S(=O)(O)C[C@@H](O)CS. The van der Waals surface area contributed by atoms with Gasteiger partial charge in [-0.25, -0.2) is 0 Å². The van der Waals surface area contributed by atoms with Crippen molar-refractivity contribution in [3.05, 3.63) is 0 Å². The molecule has 0 aliphatic heterocycles. The average molecular weight is 172 g/mol. The molecule has 0 unspecified atom stereocenters. The molecule has 0 fully saturated rings. The zero-order valence-electron chi connectivity index (χ0n) is 4.56. The van der Waals surface area contributed by atoms with Gasteiger partial charge in [0.05, 0.1) is 6.10 Å². The molecule has 2 N–H and O–H groups in total. The molecule has 0 spiro atoms. The molecule has 0 aromatic carbocycles. The van der Waals surface area contributed by atoms with Crippen LogP contribution >= 0.6 is 12.6 Å². The molecule has 0 saturated carbocycles. The van der Waals surface area contributed by atoms with Gasteiger partial charge in [-0.05, 0) is 0 Å². The highest BCUT2D eigenvalue weighted by atomic mass is 32.2. The van der Waals surface area contributed by atoms with Crippen molar-refractivity contribution in [2.75, 3.05) is 11.5 Å². The van der Waals surface area contributed by atoms with Crippen LogP contribution in [0.25, 0.3) is 0 Å². The smallest absolute Gasteiger partial charge is 0.267 e. The van der Waals surface area contributed by atoms with Crippen molar-refractivity contribution in [3.63, 3.8) is 0 Å². The zero-order chi connectivity index (χ0) is 7.49. The van der Waals surface area contributed by atoms with Crippen molar-refractivity contribution in [1.82, 2.24) is 0 Å². The summed E-state index contributed by atoms with van der Waals surface area (Å²) >= 11 is 3.60. The van der Waals surface area contributed by atoms with Crippen LogP contribution in [0.5, 0.6) is 0 Å². The maximum atomic E-state index is 9.96. The Morgan fingerprint density at radius 3 is 2.11 bits per heavy atom. The van der Waals surface area contributed by atoms with Gasteiger partial charge in [-0.3, -0.25) is 4.55 Å². The monoisotopic (exact) mass is 172 g/mol. The minimum absolute atomic E-state index is 0.0276. The van der Waals surface area contributed by atoms with Gasteiger partial charge in [0.1, 0.15) is 5.75 Å². The maximum Gasteiger partial charge on any atom is 0.267 e. The van der Waals surface area contributed by atoms with E-state index in [0.717, 1.165) is 0 Å². The predicted molar refractivity (Wildman–Crippen MR) is 36.3 cm³/mol. The third-order valence-corrected chi connectivity index (χ3v) is 1.84. The van der Waals surface area contributed by atoms with E-state index in [1.54, 1.807) is 0 Å². The van der Waals surface area contributed by atoms with Crippen LogP contribution in [0.1, 0.15) is 0 Å². The van der Waals surface area contributed by atoms with Gasteiger partial charge in [0, 0.05) is 5.75 Å². The minimum atomic E-state index is -4.03. The lowest BCUT2D eigenvalue weighted by atomic mass is 10.5. The Morgan fingerprint density at radius 2 is 2.00 bits per heavy atom. The Balaban J connectivity index is 3.75. The molecule has 0 aliphatic rings. The first-order valence-corrected chi connectivity index (χ1v) is 4.44. The summed E-state index contributed by atoms with van der Waals surface area (Å²) in [6.45, 7) is 0. The second-order valence-electron chi connectivity index (χ2n) is 1.58. The molecule has 0 amide bonds. The Hall–Kier alpha value is 0.220. The highest BCUT2D eigenvalue weighted by Crippen LogP contribution is 1.91. The van der Waals surface area contributed by atoms with Gasteiger partial charge in [-0.2, -0.15) is 21.0 Å². The van der Waals surface area contributed by atoms with Gasteiger partial charge in [0.15, 0.2) is 0 Å². The molecule has 0 radical (unpaired) electrons. The number of thiol groups is 1. The first-order valence-electron chi connectivity index (χ1n) is 2.20. The van der Waals surface area contributed by atoms with Gasteiger partial charge in [0.25, 0.3) is 10.1 Å². The van der Waals surface area contributed by atoms with Crippen LogP contribution in [-0.2, 0) is 10.1 Å². The predicted octanol–water partition coefficient (Wildman–Crippen LogP) is -0.835. The fourth-order valence-electron chi connectivity index (χ4n) is 0.296. The summed E-state index contributed by atoms with van der Waals surface area (Å²) in [7, 11) is -4.03. The van der Waals surface area contributed by atoms with Gasteiger partial charge in [0.2, 0.25) is 0 Å². The van der Waals surface area contributed by atoms with Crippen molar-refractivity contribution < 1.29 is 18.1 Å². The second kappa shape index (κ2) is 3.40. The molecule has 4 nitrogen and oxygen atoms in total. The third kappa shape index (κ3) is 6.10. The van der Waals surface area contributed by atoms with Crippen LogP contribution in [0.4, 0.5) is 0 Å². The zero-order valence-corrected chi connectivity index (χ0v) is 6.27. The maximum absolute atomic E-state index is 9.96. The molecule has 0 bridgehead atoms. The van der Waals surface area contributed by atoms with Crippen LogP contribution in [-0.4, -0.2) is 35.7 Å². The average Bonchev–Trinajstić information content (AvgIpc) is 1.62. The number of aliphatic hydroxyl groups excluding tert-OH is 1. The van der Waals surface area contributed by atoms with E-state index >= 15 is 0 Å². The highest BCUT2D eigenvalue weighted by Gasteiger charge is 2.11. The summed E-state index contributed by atoms with van der Waals surface area (Å²) in [5.74, 6) is -0.615. The van der Waals surface area contributed by atoms with Crippen LogP contribution < -0.4 is 0 Å². The van der Waals surface area contributed by atoms with E-state index < -0.39 is 22.0 Å². The summed E-state index contributed by atoms with van der Waals surface area (Å²) in [6.07, 6.45) is -1.08. The number of hydrogen-bond acceptors (Lipinski definition) is 4. The molecule has 9 heavy (non-hydrogen) atoms. The molecular weight excluding hydrogens is 164 g/mol. The second-order valence-corrected chi connectivity index (χ2v) is 3.45. The molecule has 0 rings (SSSR count). The Labute approximate surface area is 59.0 Å². The van der Waals surface area contributed by atoms with E-state index in [2.05, 4.69) is 12.6 Å². The highest BCUT2D eigenvalue weighted by molar-refractivity contribution is 7.86. The third-order valence-electron chi connectivity index (χ3n) is 0.614. The number of rotatable bonds is 3. The van der Waals surface area contributed by atoms with E-state index in [1.165, 1.54) is 0 Å². The normalized spacial score (nSPS) is 15.4. The van der Waals surface area contributed by atoms with Crippen molar-refractivity contribution in [2.24, 2.45) is 0 Å². The lowest BCUT2D eigenvalue weighted by Gasteiger charge is -2.01. The summed E-state index contributed by atoms with van der Waals surface area (Å²) in [5, 5.41) is 8.58. The molecule has 0 saturated heterocycles. The summed E-state index contributed by atoms with van der Waals surface area (Å²) in [6, 6.07) is 0. The van der Waals surface area contributed by atoms with Crippen molar-refractivity contribution in [1.29, 1.82) is 0 Å². The molecule has 0 aliphatic carbocycles. The largest absolute Gasteiger partial charge is 0.391 e. The molecule has 6 heteroatoms. The fourth-order valence-corrected chi connectivity index (χ4v) is 1.20.